The summed E-state index contributed by atoms with van der Waals surface area (Å²) in [5.74, 6) is -0.162. The number of hydrogen-bond acceptors (Lipinski definition) is 3. The van der Waals surface area contributed by atoms with E-state index in [0.29, 0.717) is 5.57 Å². The average Bonchev–Trinajstić information content (AvgIpc) is 2.77. The van der Waals surface area contributed by atoms with Gasteiger partial charge in [0.1, 0.15) is 6.10 Å². The van der Waals surface area contributed by atoms with Gasteiger partial charge in [-0.2, -0.15) is 0 Å². The van der Waals surface area contributed by atoms with Gasteiger partial charge in [0.2, 0.25) is 0 Å². The lowest BCUT2D eigenvalue weighted by atomic mass is 9.89. The molecule has 0 spiro atoms. The molecule has 1 fully saturated rings. The Kier molecular flexibility index (Phi) is 6.40. The van der Waals surface area contributed by atoms with E-state index in [1.165, 1.54) is 11.1 Å². The Labute approximate surface area is 139 Å². The molecule has 0 unspecified atom stereocenters. The molecule has 0 amide bonds. The highest BCUT2D eigenvalue weighted by Gasteiger charge is 2.36. The maximum absolute atomic E-state index is 11.8. The van der Waals surface area contributed by atoms with Crippen molar-refractivity contribution in [2.45, 2.75) is 58.5 Å². The molecular formula is C20H28O3. The van der Waals surface area contributed by atoms with Crippen LogP contribution in [0.1, 0.15) is 52.4 Å². The van der Waals surface area contributed by atoms with Gasteiger partial charge in [-0.1, -0.05) is 29.9 Å². The fourth-order valence-electron chi connectivity index (χ4n) is 3.22. The summed E-state index contributed by atoms with van der Waals surface area (Å²) in [6.07, 6.45) is 11.8. The van der Waals surface area contributed by atoms with E-state index in [2.05, 4.69) is 38.7 Å². The number of carbonyl (C=O) groups excluding carboxylic acids is 1. The molecule has 126 valence electrons. The normalized spacial score (nSPS) is 34.1. The van der Waals surface area contributed by atoms with Crippen molar-refractivity contribution < 1.29 is 14.6 Å². The Morgan fingerprint density at radius 2 is 1.91 bits per heavy atom. The molecule has 0 aromatic carbocycles. The zero-order valence-corrected chi connectivity index (χ0v) is 14.3. The highest BCUT2D eigenvalue weighted by Crippen LogP contribution is 2.33. The van der Waals surface area contributed by atoms with E-state index in [1.807, 2.05) is 0 Å². The minimum Gasteiger partial charge on any atom is -0.454 e. The van der Waals surface area contributed by atoms with Crippen molar-refractivity contribution in [3.63, 3.8) is 0 Å². The van der Waals surface area contributed by atoms with E-state index in [-0.39, 0.29) is 24.6 Å². The van der Waals surface area contributed by atoms with Gasteiger partial charge in [0, 0.05) is 11.5 Å². The second-order valence-electron chi connectivity index (χ2n) is 6.70. The van der Waals surface area contributed by atoms with Crippen LogP contribution < -0.4 is 0 Å². The van der Waals surface area contributed by atoms with Gasteiger partial charge < -0.3 is 9.84 Å². The molecule has 2 atom stereocenters. The molecule has 1 saturated heterocycles. The van der Waals surface area contributed by atoms with Crippen LogP contribution in [0.15, 0.2) is 47.1 Å². The van der Waals surface area contributed by atoms with Gasteiger partial charge in [0.05, 0.1) is 6.61 Å². The standard InChI is InChI=1S/C20H28O3/c1-14-6-4-8-17(13-21)9-5-7-15(2)12-19-18(11-10-14)16(3)20(22)23-19/h6,9,12,18-19,21H,3-5,7-8,10-11,13H2,1-2H3/b14-6+,15-12+,17-9+/t18-,19+/m0/s1. The summed E-state index contributed by atoms with van der Waals surface area (Å²) in [4.78, 5) is 11.8. The Bertz CT molecular complexity index is 551. The third-order valence-corrected chi connectivity index (χ3v) is 4.78. The molecule has 3 nitrogen and oxygen atoms in total. The number of hydrogen-bond donors (Lipinski definition) is 1. The molecule has 0 radical (unpaired) electrons. The van der Waals surface area contributed by atoms with E-state index in [4.69, 9.17) is 4.74 Å². The Balaban J connectivity index is 2.20. The van der Waals surface area contributed by atoms with Crippen LogP contribution in [0.25, 0.3) is 0 Å². The first-order valence-electron chi connectivity index (χ1n) is 8.52. The molecule has 3 heteroatoms. The van der Waals surface area contributed by atoms with Crippen LogP contribution in [0.5, 0.6) is 0 Å². The summed E-state index contributed by atoms with van der Waals surface area (Å²) in [5.41, 5.74) is 4.27. The van der Waals surface area contributed by atoms with Crippen molar-refractivity contribution in [2.24, 2.45) is 5.92 Å². The van der Waals surface area contributed by atoms with Crippen LogP contribution in [0.3, 0.4) is 0 Å². The average molecular weight is 316 g/mol. The minimum absolute atomic E-state index is 0.0901. The summed E-state index contributed by atoms with van der Waals surface area (Å²) >= 11 is 0. The summed E-state index contributed by atoms with van der Waals surface area (Å²) in [6.45, 7) is 8.28. The molecule has 0 aromatic heterocycles. The number of aliphatic hydroxyl groups excluding tert-OH is 1. The highest BCUT2D eigenvalue weighted by molar-refractivity contribution is 5.91. The fraction of sp³-hybridized carbons (Fsp3) is 0.550. The molecule has 2 rings (SSSR count). The number of carbonyl (C=O) groups is 1. The van der Waals surface area contributed by atoms with Crippen molar-refractivity contribution in [3.05, 3.63) is 47.1 Å². The van der Waals surface area contributed by atoms with Crippen LogP contribution in [0.4, 0.5) is 0 Å². The second kappa shape index (κ2) is 8.30. The molecular weight excluding hydrogens is 288 g/mol. The van der Waals surface area contributed by atoms with Crippen LogP contribution in [0.2, 0.25) is 0 Å². The van der Waals surface area contributed by atoms with Gasteiger partial charge in [-0.3, -0.25) is 0 Å². The van der Waals surface area contributed by atoms with Crippen molar-refractivity contribution in [2.75, 3.05) is 6.61 Å². The number of ether oxygens (including phenoxy) is 1. The van der Waals surface area contributed by atoms with E-state index in [0.717, 1.165) is 44.1 Å². The Hall–Kier alpha value is -1.61. The maximum atomic E-state index is 11.8. The fourth-order valence-corrected chi connectivity index (χ4v) is 3.22. The van der Waals surface area contributed by atoms with E-state index in [1.54, 1.807) is 0 Å². The van der Waals surface area contributed by atoms with E-state index in [9.17, 15) is 9.90 Å². The van der Waals surface area contributed by atoms with Gasteiger partial charge in [-0.15, -0.1) is 0 Å². The van der Waals surface area contributed by atoms with E-state index < -0.39 is 0 Å². The summed E-state index contributed by atoms with van der Waals surface area (Å²) in [5, 5.41) is 9.44. The molecule has 0 bridgehead atoms. The summed E-state index contributed by atoms with van der Waals surface area (Å²) in [7, 11) is 0. The minimum atomic E-state index is -0.252. The van der Waals surface area contributed by atoms with Gasteiger partial charge in [0.25, 0.3) is 0 Å². The van der Waals surface area contributed by atoms with Crippen molar-refractivity contribution >= 4 is 5.97 Å². The van der Waals surface area contributed by atoms with Crippen LogP contribution in [0, 0.1) is 5.92 Å². The second-order valence-corrected chi connectivity index (χ2v) is 6.70. The van der Waals surface area contributed by atoms with Crippen molar-refractivity contribution in [1.29, 1.82) is 0 Å². The Morgan fingerprint density at radius 3 is 2.65 bits per heavy atom. The zero-order chi connectivity index (χ0) is 16.8. The first kappa shape index (κ1) is 17.7. The predicted octanol–water partition coefficient (Wildman–Crippen LogP) is 4.25. The Morgan fingerprint density at radius 1 is 1.17 bits per heavy atom. The van der Waals surface area contributed by atoms with E-state index >= 15 is 0 Å². The summed E-state index contributed by atoms with van der Waals surface area (Å²) in [6, 6.07) is 0. The van der Waals surface area contributed by atoms with Crippen LogP contribution in [-0.4, -0.2) is 23.8 Å². The van der Waals surface area contributed by atoms with Gasteiger partial charge >= 0.3 is 5.97 Å². The van der Waals surface area contributed by atoms with Gasteiger partial charge in [0.15, 0.2) is 0 Å². The quantitative estimate of drug-likeness (QED) is 0.447. The van der Waals surface area contributed by atoms with Crippen LogP contribution in [-0.2, 0) is 9.53 Å². The zero-order valence-electron chi connectivity index (χ0n) is 14.3. The lowest BCUT2D eigenvalue weighted by Crippen LogP contribution is -2.14. The van der Waals surface area contributed by atoms with Gasteiger partial charge in [-0.05, 0) is 64.0 Å². The molecule has 0 saturated carbocycles. The first-order chi connectivity index (χ1) is 11.0. The lowest BCUT2D eigenvalue weighted by Gasteiger charge is -2.16. The molecule has 2 aliphatic rings. The number of esters is 1. The number of rotatable bonds is 1. The molecule has 1 aliphatic carbocycles. The molecule has 0 aromatic rings. The SMILES string of the molecule is C=C1C(=O)O[C@@H]2/C=C(\C)CC/C=C(/CO)CC/C=C(\C)CC[C@@H]12. The third-order valence-electron chi connectivity index (χ3n) is 4.78. The van der Waals surface area contributed by atoms with Crippen molar-refractivity contribution in [3.8, 4) is 0 Å². The number of aliphatic hydroxyl groups is 1. The molecule has 1 heterocycles. The monoisotopic (exact) mass is 316 g/mol. The van der Waals surface area contributed by atoms with Gasteiger partial charge in [-0.25, -0.2) is 4.79 Å². The lowest BCUT2D eigenvalue weighted by molar-refractivity contribution is -0.137. The van der Waals surface area contributed by atoms with Crippen molar-refractivity contribution in [1.82, 2.24) is 0 Å². The predicted molar refractivity (Wildman–Crippen MR) is 92.9 cm³/mol. The summed E-state index contributed by atoms with van der Waals surface area (Å²) < 4.78 is 5.50. The molecule has 1 N–H and O–H groups in total. The first-order valence-corrected chi connectivity index (χ1v) is 8.52. The smallest absolute Gasteiger partial charge is 0.334 e. The molecule has 23 heavy (non-hydrogen) atoms. The van der Waals surface area contributed by atoms with Crippen LogP contribution >= 0.6 is 0 Å². The third kappa shape index (κ3) is 4.93. The molecule has 1 aliphatic heterocycles. The highest BCUT2D eigenvalue weighted by atomic mass is 16.5. The topological polar surface area (TPSA) is 46.5 Å². The largest absolute Gasteiger partial charge is 0.454 e. The number of allylic oxidation sites excluding steroid dienone is 4. The maximum Gasteiger partial charge on any atom is 0.334 e. The number of fused-ring (bicyclic) bond motifs is 1.